The third kappa shape index (κ3) is 5.19. The fourth-order valence-corrected chi connectivity index (χ4v) is 4.53. The van der Waals surface area contributed by atoms with Gasteiger partial charge < -0.3 is 10.1 Å². The van der Waals surface area contributed by atoms with Crippen LogP contribution in [0, 0.1) is 5.92 Å². The molecule has 0 radical (unpaired) electrons. The van der Waals surface area contributed by atoms with Gasteiger partial charge in [-0.2, -0.15) is 4.31 Å². The minimum absolute atomic E-state index is 0.0364. The van der Waals surface area contributed by atoms with E-state index < -0.39 is 10.0 Å². The van der Waals surface area contributed by atoms with Crippen LogP contribution in [0.25, 0.3) is 0 Å². The lowest BCUT2D eigenvalue weighted by Crippen LogP contribution is -2.45. The predicted octanol–water partition coefficient (Wildman–Crippen LogP) is 2.40. The minimum Gasteiger partial charge on any atom is -0.497 e. The van der Waals surface area contributed by atoms with Crippen molar-refractivity contribution in [3.8, 4) is 5.75 Å². The fourth-order valence-electron chi connectivity index (χ4n) is 3.00. The van der Waals surface area contributed by atoms with E-state index in [1.54, 1.807) is 24.3 Å². The van der Waals surface area contributed by atoms with Gasteiger partial charge in [-0.3, -0.25) is 4.79 Å². The highest BCUT2D eigenvalue weighted by Crippen LogP contribution is 2.25. The quantitative estimate of drug-likeness (QED) is 0.715. The molecule has 1 aromatic carbocycles. The van der Waals surface area contributed by atoms with Crippen molar-refractivity contribution >= 4 is 15.9 Å². The first-order chi connectivity index (χ1) is 12.0. The molecule has 1 saturated heterocycles. The molecular weight excluding hydrogens is 340 g/mol. The van der Waals surface area contributed by atoms with Crippen molar-refractivity contribution in [2.75, 3.05) is 26.7 Å². The zero-order valence-corrected chi connectivity index (χ0v) is 15.8. The summed E-state index contributed by atoms with van der Waals surface area (Å²) in [6.07, 6.45) is 4.58. The summed E-state index contributed by atoms with van der Waals surface area (Å²) in [5, 5.41) is 2.94. The molecule has 0 bridgehead atoms. The highest BCUT2D eigenvalue weighted by Gasteiger charge is 2.33. The standard InChI is InChI=1S/C18H28N2O4S/c1-3-4-5-12-19-18(21)15-7-6-13-20(14-15)25(22,23)17-10-8-16(24-2)9-11-17/h8-11,15H,3-7,12-14H2,1-2H3,(H,19,21)/t15-/m0/s1. The second-order valence-corrected chi connectivity index (χ2v) is 8.31. The largest absolute Gasteiger partial charge is 0.497 e. The third-order valence-electron chi connectivity index (χ3n) is 4.53. The Labute approximate surface area is 150 Å². The topological polar surface area (TPSA) is 75.7 Å². The van der Waals surface area contributed by atoms with Gasteiger partial charge in [0.2, 0.25) is 15.9 Å². The number of hydrogen-bond donors (Lipinski definition) is 1. The number of nitrogens with zero attached hydrogens (tertiary/aromatic N) is 1. The second-order valence-electron chi connectivity index (χ2n) is 6.38. The maximum atomic E-state index is 12.8. The van der Waals surface area contributed by atoms with E-state index in [0.29, 0.717) is 25.3 Å². The molecule has 0 spiro atoms. The predicted molar refractivity (Wildman–Crippen MR) is 97.0 cm³/mol. The van der Waals surface area contributed by atoms with Crippen molar-refractivity contribution in [3.63, 3.8) is 0 Å². The van der Waals surface area contributed by atoms with E-state index in [2.05, 4.69) is 12.2 Å². The second kappa shape index (κ2) is 9.20. The Kier molecular flexibility index (Phi) is 7.25. The van der Waals surface area contributed by atoms with Gasteiger partial charge in [0.25, 0.3) is 0 Å². The molecule has 6 nitrogen and oxygen atoms in total. The summed E-state index contributed by atoms with van der Waals surface area (Å²) in [6, 6.07) is 6.36. The molecule has 1 aliphatic heterocycles. The van der Waals surface area contributed by atoms with Crippen molar-refractivity contribution in [1.82, 2.24) is 9.62 Å². The summed E-state index contributed by atoms with van der Waals surface area (Å²) in [4.78, 5) is 12.5. The summed E-state index contributed by atoms with van der Waals surface area (Å²) in [7, 11) is -2.05. The van der Waals surface area contributed by atoms with Gasteiger partial charge in [0, 0.05) is 19.6 Å². The van der Waals surface area contributed by atoms with Gasteiger partial charge in [0.1, 0.15) is 5.75 Å². The van der Waals surface area contributed by atoms with Crippen LogP contribution in [0.2, 0.25) is 0 Å². The number of hydrogen-bond acceptors (Lipinski definition) is 4. The van der Waals surface area contributed by atoms with Crippen LogP contribution in [-0.2, 0) is 14.8 Å². The molecule has 2 rings (SSSR count). The van der Waals surface area contributed by atoms with Crippen LogP contribution in [0.15, 0.2) is 29.2 Å². The van der Waals surface area contributed by atoms with Crippen LogP contribution >= 0.6 is 0 Å². The number of benzene rings is 1. The Hall–Kier alpha value is -1.60. The molecular formula is C18H28N2O4S. The van der Waals surface area contributed by atoms with Gasteiger partial charge in [-0.15, -0.1) is 0 Å². The van der Waals surface area contributed by atoms with Crippen LogP contribution in [-0.4, -0.2) is 45.4 Å². The number of piperidine rings is 1. The third-order valence-corrected chi connectivity index (χ3v) is 6.41. The van der Waals surface area contributed by atoms with Gasteiger partial charge in [0.15, 0.2) is 0 Å². The zero-order valence-electron chi connectivity index (χ0n) is 15.0. The first kappa shape index (κ1) is 19.7. The van der Waals surface area contributed by atoms with Crippen LogP contribution in [0.1, 0.15) is 39.0 Å². The number of carbonyl (C=O) groups is 1. The van der Waals surface area contributed by atoms with Crippen molar-refractivity contribution in [2.24, 2.45) is 5.92 Å². The lowest BCUT2D eigenvalue weighted by atomic mass is 9.99. The SMILES string of the molecule is CCCCCNC(=O)[C@H]1CCCN(S(=O)(=O)c2ccc(OC)cc2)C1. The highest BCUT2D eigenvalue weighted by atomic mass is 32.2. The molecule has 140 valence electrons. The molecule has 0 aliphatic carbocycles. The van der Waals surface area contributed by atoms with Gasteiger partial charge in [-0.05, 0) is 43.5 Å². The van der Waals surface area contributed by atoms with Crippen molar-refractivity contribution < 1.29 is 17.9 Å². The van der Waals surface area contributed by atoms with Gasteiger partial charge in [-0.25, -0.2) is 8.42 Å². The Bertz CT molecular complexity index is 658. The molecule has 1 atom stereocenters. The van der Waals surface area contributed by atoms with Crippen LogP contribution in [0.4, 0.5) is 0 Å². The number of amides is 1. The van der Waals surface area contributed by atoms with E-state index in [4.69, 9.17) is 4.74 Å². The summed E-state index contributed by atoms with van der Waals surface area (Å²) in [5.74, 6) is 0.302. The number of nitrogens with one attached hydrogen (secondary N) is 1. The normalized spacial score (nSPS) is 18.7. The summed E-state index contributed by atoms with van der Waals surface area (Å²) >= 11 is 0. The highest BCUT2D eigenvalue weighted by molar-refractivity contribution is 7.89. The fraction of sp³-hybridized carbons (Fsp3) is 0.611. The number of unbranched alkanes of at least 4 members (excludes halogenated alkanes) is 2. The van der Waals surface area contributed by atoms with Gasteiger partial charge in [0.05, 0.1) is 17.9 Å². The summed E-state index contributed by atoms with van der Waals surface area (Å²) < 4.78 is 32.1. The molecule has 1 fully saturated rings. The van der Waals surface area contributed by atoms with E-state index in [1.165, 1.54) is 11.4 Å². The Morgan fingerprint density at radius 2 is 2.00 bits per heavy atom. The molecule has 25 heavy (non-hydrogen) atoms. The van der Waals surface area contributed by atoms with Crippen molar-refractivity contribution in [1.29, 1.82) is 0 Å². The van der Waals surface area contributed by atoms with E-state index in [0.717, 1.165) is 25.7 Å². The monoisotopic (exact) mass is 368 g/mol. The molecule has 7 heteroatoms. The number of rotatable bonds is 8. The Morgan fingerprint density at radius 1 is 1.28 bits per heavy atom. The molecule has 1 amide bonds. The van der Waals surface area contributed by atoms with E-state index in [1.807, 2.05) is 0 Å². The molecule has 1 aliphatic rings. The molecule has 0 unspecified atom stereocenters. The molecule has 1 aromatic rings. The number of sulfonamides is 1. The van der Waals surface area contributed by atoms with E-state index in [9.17, 15) is 13.2 Å². The maximum Gasteiger partial charge on any atom is 0.243 e. The zero-order chi connectivity index (χ0) is 18.3. The average molecular weight is 368 g/mol. The first-order valence-corrected chi connectivity index (χ1v) is 10.3. The van der Waals surface area contributed by atoms with E-state index >= 15 is 0 Å². The van der Waals surface area contributed by atoms with E-state index in [-0.39, 0.29) is 23.3 Å². The van der Waals surface area contributed by atoms with Crippen LogP contribution < -0.4 is 10.1 Å². The van der Waals surface area contributed by atoms with Gasteiger partial charge >= 0.3 is 0 Å². The van der Waals surface area contributed by atoms with Crippen LogP contribution in [0.5, 0.6) is 5.75 Å². The Morgan fingerprint density at radius 3 is 2.64 bits per heavy atom. The number of ether oxygens (including phenoxy) is 1. The maximum absolute atomic E-state index is 12.8. The molecule has 1 heterocycles. The Balaban J connectivity index is 2.00. The molecule has 1 N–H and O–H groups in total. The smallest absolute Gasteiger partial charge is 0.243 e. The lowest BCUT2D eigenvalue weighted by Gasteiger charge is -2.31. The minimum atomic E-state index is -3.58. The lowest BCUT2D eigenvalue weighted by molar-refractivity contribution is -0.126. The average Bonchev–Trinajstić information content (AvgIpc) is 2.65. The first-order valence-electron chi connectivity index (χ1n) is 8.91. The van der Waals surface area contributed by atoms with Gasteiger partial charge in [-0.1, -0.05) is 19.8 Å². The molecule has 0 aromatic heterocycles. The summed E-state index contributed by atoms with van der Waals surface area (Å²) in [6.45, 7) is 3.47. The number of carbonyl (C=O) groups excluding carboxylic acids is 1. The van der Waals surface area contributed by atoms with Crippen molar-refractivity contribution in [2.45, 2.75) is 43.9 Å². The summed E-state index contributed by atoms with van der Waals surface area (Å²) in [5.41, 5.74) is 0. The number of methoxy groups -OCH3 is 1. The molecule has 0 saturated carbocycles. The van der Waals surface area contributed by atoms with Crippen molar-refractivity contribution in [3.05, 3.63) is 24.3 Å². The van der Waals surface area contributed by atoms with Crippen LogP contribution in [0.3, 0.4) is 0 Å².